The van der Waals surface area contributed by atoms with Crippen molar-refractivity contribution in [2.75, 3.05) is 0 Å². The van der Waals surface area contributed by atoms with E-state index in [4.69, 9.17) is 0 Å². The first-order valence-corrected chi connectivity index (χ1v) is 5.79. The van der Waals surface area contributed by atoms with Gasteiger partial charge >= 0.3 is 0 Å². The lowest BCUT2D eigenvalue weighted by molar-refractivity contribution is 0.0934. The molecule has 0 aliphatic heterocycles. The summed E-state index contributed by atoms with van der Waals surface area (Å²) in [6.45, 7) is 3.78. The smallest absolute Gasteiger partial charge is 0.270 e. The number of aryl methyl sites for hydroxylation is 2. The Bertz CT molecular complexity index is 562. The average molecular weight is 244 g/mol. The first-order valence-electron chi connectivity index (χ1n) is 5.79. The molecule has 2 aromatic rings. The Balaban J connectivity index is 2.08. The molecule has 0 fully saturated rings. The largest absolute Gasteiger partial charge is 0.344 e. The minimum Gasteiger partial charge on any atom is -0.344 e. The number of pyridine rings is 1. The quantitative estimate of drug-likeness (QED) is 0.892. The van der Waals surface area contributed by atoms with Gasteiger partial charge in [-0.15, -0.1) is 0 Å². The third-order valence-electron chi connectivity index (χ3n) is 2.69. The van der Waals surface area contributed by atoms with E-state index < -0.39 is 0 Å². The van der Waals surface area contributed by atoms with Gasteiger partial charge < -0.3 is 5.32 Å². The molecule has 5 heteroatoms. The molecule has 18 heavy (non-hydrogen) atoms. The molecule has 2 heterocycles. The zero-order valence-electron chi connectivity index (χ0n) is 10.7. The lowest BCUT2D eigenvalue weighted by Gasteiger charge is -2.11. The molecule has 1 atom stereocenters. The Morgan fingerprint density at radius 1 is 1.44 bits per heavy atom. The number of hydrogen-bond donors (Lipinski definition) is 1. The summed E-state index contributed by atoms with van der Waals surface area (Å²) in [5, 5.41) is 6.98. The highest BCUT2D eigenvalue weighted by atomic mass is 16.1. The van der Waals surface area contributed by atoms with Gasteiger partial charge in [-0.05, 0) is 26.0 Å². The minimum atomic E-state index is -0.171. The van der Waals surface area contributed by atoms with Crippen molar-refractivity contribution in [1.82, 2.24) is 20.1 Å². The SMILES string of the molecule is Cc1cccc(C(=O)NC(C)c2cnn(C)c2)n1. The molecule has 0 aromatic carbocycles. The van der Waals surface area contributed by atoms with Gasteiger partial charge in [0, 0.05) is 24.5 Å². The number of hydrogen-bond acceptors (Lipinski definition) is 3. The van der Waals surface area contributed by atoms with Crippen molar-refractivity contribution in [1.29, 1.82) is 0 Å². The fourth-order valence-corrected chi connectivity index (χ4v) is 1.69. The predicted octanol–water partition coefficient (Wildman–Crippen LogP) is 1.61. The Morgan fingerprint density at radius 2 is 2.22 bits per heavy atom. The van der Waals surface area contributed by atoms with Gasteiger partial charge in [0.1, 0.15) is 5.69 Å². The van der Waals surface area contributed by atoms with Crippen molar-refractivity contribution in [2.24, 2.45) is 7.05 Å². The van der Waals surface area contributed by atoms with Crippen LogP contribution in [0.25, 0.3) is 0 Å². The molecule has 0 aliphatic rings. The van der Waals surface area contributed by atoms with Crippen molar-refractivity contribution in [3.63, 3.8) is 0 Å². The molecular formula is C13H16N4O. The van der Waals surface area contributed by atoms with Crippen LogP contribution in [0.2, 0.25) is 0 Å². The molecular weight excluding hydrogens is 228 g/mol. The molecule has 5 nitrogen and oxygen atoms in total. The number of carbonyl (C=O) groups is 1. The van der Waals surface area contributed by atoms with Crippen LogP contribution in [-0.2, 0) is 7.05 Å². The van der Waals surface area contributed by atoms with E-state index in [-0.39, 0.29) is 11.9 Å². The maximum atomic E-state index is 12.0. The molecule has 1 unspecified atom stereocenters. The summed E-state index contributed by atoms with van der Waals surface area (Å²) in [5.74, 6) is -0.171. The zero-order valence-corrected chi connectivity index (χ0v) is 10.7. The lowest BCUT2D eigenvalue weighted by Crippen LogP contribution is -2.27. The predicted molar refractivity (Wildman–Crippen MR) is 68.1 cm³/mol. The molecule has 1 N–H and O–H groups in total. The van der Waals surface area contributed by atoms with Crippen LogP contribution in [0.15, 0.2) is 30.6 Å². The second-order valence-electron chi connectivity index (χ2n) is 4.31. The molecule has 1 amide bonds. The normalized spacial score (nSPS) is 12.2. The highest BCUT2D eigenvalue weighted by Gasteiger charge is 2.13. The number of nitrogens with one attached hydrogen (secondary N) is 1. The second kappa shape index (κ2) is 5.00. The summed E-state index contributed by atoms with van der Waals surface area (Å²) in [7, 11) is 1.85. The average Bonchev–Trinajstić information content (AvgIpc) is 2.76. The summed E-state index contributed by atoms with van der Waals surface area (Å²) in [4.78, 5) is 16.2. The Hall–Kier alpha value is -2.17. The molecule has 0 saturated carbocycles. The Kier molecular flexibility index (Phi) is 3.41. The van der Waals surface area contributed by atoms with Crippen LogP contribution in [0.3, 0.4) is 0 Å². The fourth-order valence-electron chi connectivity index (χ4n) is 1.69. The summed E-state index contributed by atoms with van der Waals surface area (Å²) in [5.41, 5.74) is 2.24. The molecule has 2 aromatic heterocycles. The molecule has 94 valence electrons. The first-order chi connectivity index (χ1) is 8.56. The van der Waals surface area contributed by atoms with Crippen molar-refractivity contribution >= 4 is 5.91 Å². The van der Waals surface area contributed by atoms with Gasteiger partial charge in [0.15, 0.2) is 0 Å². The van der Waals surface area contributed by atoms with Crippen molar-refractivity contribution < 1.29 is 4.79 Å². The highest BCUT2D eigenvalue weighted by Crippen LogP contribution is 2.11. The summed E-state index contributed by atoms with van der Waals surface area (Å²) in [6.07, 6.45) is 3.63. The minimum absolute atomic E-state index is 0.0893. The van der Waals surface area contributed by atoms with Gasteiger partial charge in [0.2, 0.25) is 0 Å². The number of amides is 1. The van der Waals surface area contributed by atoms with E-state index in [0.29, 0.717) is 5.69 Å². The molecule has 0 aliphatic carbocycles. The van der Waals surface area contributed by atoms with E-state index in [1.807, 2.05) is 39.2 Å². The van der Waals surface area contributed by atoms with Crippen LogP contribution in [-0.4, -0.2) is 20.7 Å². The van der Waals surface area contributed by atoms with Crippen molar-refractivity contribution in [3.05, 3.63) is 47.5 Å². The van der Waals surface area contributed by atoms with Crippen molar-refractivity contribution in [2.45, 2.75) is 19.9 Å². The number of rotatable bonds is 3. The van der Waals surface area contributed by atoms with Crippen molar-refractivity contribution in [3.8, 4) is 0 Å². The molecule has 2 rings (SSSR count). The van der Waals surface area contributed by atoms with Gasteiger partial charge in [-0.3, -0.25) is 9.48 Å². The molecule has 0 saturated heterocycles. The maximum Gasteiger partial charge on any atom is 0.270 e. The lowest BCUT2D eigenvalue weighted by atomic mass is 10.2. The van der Waals surface area contributed by atoms with E-state index in [9.17, 15) is 4.79 Å². The topological polar surface area (TPSA) is 59.8 Å². The third kappa shape index (κ3) is 2.74. The summed E-state index contributed by atoms with van der Waals surface area (Å²) < 4.78 is 1.71. The van der Waals surface area contributed by atoms with Crippen LogP contribution in [0.5, 0.6) is 0 Å². The molecule has 0 radical (unpaired) electrons. The Labute approximate surface area is 106 Å². The van der Waals surface area contributed by atoms with E-state index in [1.165, 1.54) is 0 Å². The van der Waals surface area contributed by atoms with Crippen LogP contribution in [0.1, 0.15) is 34.7 Å². The third-order valence-corrected chi connectivity index (χ3v) is 2.69. The standard InChI is InChI=1S/C13H16N4O/c1-9-5-4-6-12(15-9)13(18)16-10(2)11-7-14-17(3)8-11/h4-8,10H,1-3H3,(H,16,18). The second-order valence-corrected chi connectivity index (χ2v) is 4.31. The molecule has 0 bridgehead atoms. The van der Waals surface area contributed by atoms with Gasteiger partial charge in [0.25, 0.3) is 5.91 Å². The van der Waals surface area contributed by atoms with Gasteiger partial charge in [0.05, 0.1) is 12.2 Å². The van der Waals surface area contributed by atoms with E-state index >= 15 is 0 Å². The van der Waals surface area contributed by atoms with Gasteiger partial charge in [-0.1, -0.05) is 6.07 Å². The van der Waals surface area contributed by atoms with E-state index in [2.05, 4.69) is 15.4 Å². The van der Waals surface area contributed by atoms with E-state index in [1.54, 1.807) is 16.9 Å². The maximum absolute atomic E-state index is 12.0. The van der Waals surface area contributed by atoms with Crippen LogP contribution in [0.4, 0.5) is 0 Å². The number of nitrogens with zero attached hydrogens (tertiary/aromatic N) is 3. The summed E-state index contributed by atoms with van der Waals surface area (Å²) in [6, 6.07) is 5.31. The molecule has 0 spiro atoms. The van der Waals surface area contributed by atoms with Crippen LogP contribution >= 0.6 is 0 Å². The zero-order chi connectivity index (χ0) is 13.1. The summed E-state index contributed by atoms with van der Waals surface area (Å²) >= 11 is 0. The highest BCUT2D eigenvalue weighted by molar-refractivity contribution is 5.92. The number of aromatic nitrogens is 3. The number of carbonyl (C=O) groups excluding carboxylic acids is 1. The monoisotopic (exact) mass is 244 g/mol. The van der Waals surface area contributed by atoms with Gasteiger partial charge in [-0.2, -0.15) is 5.10 Å². The van der Waals surface area contributed by atoms with E-state index in [0.717, 1.165) is 11.3 Å². The van der Waals surface area contributed by atoms with Crippen LogP contribution in [0, 0.1) is 6.92 Å². The fraction of sp³-hybridized carbons (Fsp3) is 0.308. The van der Waals surface area contributed by atoms with Crippen LogP contribution < -0.4 is 5.32 Å². The first kappa shape index (κ1) is 12.3. The Morgan fingerprint density at radius 3 is 2.83 bits per heavy atom. The van der Waals surface area contributed by atoms with Gasteiger partial charge in [-0.25, -0.2) is 4.98 Å².